The van der Waals surface area contributed by atoms with Crippen LogP contribution in [-0.2, 0) is 4.79 Å². The molecular weight excluding hydrogens is 268 g/mol. The first-order valence-corrected chi connectivity index (χ1v) is 6.86. The van der Waals surface area contributed by atoms with Gasteiger partial charge in [0.1, 0.15) is 0 Å². The summed E-state index contributed by atoms with van der Waals surface area (Å²) in [6.45, 7) is 2.33. The molecule has 0 unspecified atom stereocenters. The summed E-state index contributed by atoms with van der Waals surface area (Å²) >= 11 is 0. The second kappa shape index (κ2) is 5.78. The van der Waals surface area contributed by atoms with Gasteiger partial charge in [-0.05, 0) is 24.3 Å². The van der Waals surface area contributed by atoms with Gasteiger partial charge in [0.2, 0.25) is 6.41 Å². The van der Waals surface area contributed by atoms with Crippen LogP contribution < -0.4 is 0 Å². The third kappa shape index (κ3) is 2.79. The molecule has 0 spiro atoms. The third-order valence-electron chi connectivity index (χ3n) is 3.61. The molecule has 1 aromatic heterocycles. The molecule has 2 heterocycles. The number of carbonyl (C=O) groups excluding carboxylic acids is 2. The van der Waals surface area contributed by atoms with Crippen molar-refractivity contribution < 1.29 is 9.59 Å². The van der Waals surface area contributed by atoms with E-state index in [0.717, 1.165) is 12.1 Å². The van der Waals surface area contributed by atoms with Gasteiger partial charge in [-0.15, -0.1) is 0 Å². The highest BCUT2D eigenvalue weighted by Gasteiger charge is 2.21. The van der Waals surface area contributed by atoms with E-state index in [1.54, 1.807) is 26.7 Å². The molecule has 1 aliphatic heterocycles. The number of hydrogen-bond donors (Lipinski definition) is 0. The normalized spacial score (nSPS) is 15.0. The molecule has 0 bridgehead atoms. The van der Waals surface area contributed by atoms with E-state index in [-0.39, 0.29) is 5.91 Å². The maximum atomic E-state index is 12.5. The van der Waals surface area contributed by atoms with Crippen molar-refractivity contribution >= 4 is 12.3 Å². The molecule has 1 aromatic carbocycles. The molecule has 6 heteroatoms. The Morgan fingerprint density at radius 3 is 2.62 bits per heavy atom. The fraction of sp³-hybridized carbons (Fsp3) is 0.267. The molecule has 108 valence electrons. The van der Waals surface area contributed by atoms with Gasteiger partial charge in [-0.2, -0.15) is 5.10 Å². The summed E-state index contributed by atoms with van der Waals surface area (Å²) in [5.41, 5.74) is 1.50. The summed E-state index contributed by atoms with van der Waals surface area (Å²) in [5, 5.41) is 4.17. The fourth-order valence-electron chi connectivity index (χ4n) is 2.42. The molecule has 1 aliphatic rings. The van der Waals surface area contributed by atoms with E-state index >= 15 is 0 Å². The number of carbonyl (C=O) groups is 2. The Morgan fingerprint density at radius 2 is 1.95 bits per heavy atom. The van der Waals surface area contributed by atoms with Crippen LogP contribution in [-0.4, -0.2) is 58.1 Å². The molecule has 1 saturated heterocycles. The van der Waals surface area contributed by atoms with Crippen molar-refractivity contribution in [3.8, 4) is 5.69 Å². The zero-order valence-corrected chi connectivity index (χ0v) is 11.6. The van der Waals surface area contributed by atoms with Gasteiger partial charge in [0.25, 0.3) is 5.91 Å². The maximum absolute atomic E-state index is 12.5. The topological polar surface area (TPSA) is 58.4 Å². The molecular formula is C15H16N4O2. The average Bonchev–Trinajstić information content (AvgIpc) is 3.09. The number of hydrogen-bond acceptors (Lipinski definition) is 3. The van der Waals surface area contributed by atoms with Gasteiger partial charge < -0.3 is 9.80 Å². The van der Waals surface area contributed by atoms with E-state index in [9.17, 15) is 9.59 Å². The molecule has 0 aliphatic carbocycles. The standard InChI is InChI=1S/C15H16N4O2/c20-12-17-7-9-18(10-8-17)15(21)13-3-1-4-14(11-13)19-6-2-5-16-19/h1-6,11-12H,7-10H2. The molecule has 2 aromatic rings. The lowest BCUT2D eigenvalue weighted by Gasteiger charge is -2.32. The van der Waals surface area contributed by atoms with Gasteiger partial charge >= 0.3 is 0 Å². The van der Waals surface area contributed by atoms with Gasteiger partial charge in [-0.25, -0.2) is 4.68 Å². The molecule has 0 saturated carbocycles. The van der Waals surface area contributed by atoms with Crippen LogP contribution in [0.15, 0.2) is 42.7 Å². The molecule has 0 radical (unpaired) electrons. The zero-order valence-electron chi connectivity index (χ0n) is 11.6. The Balaban J connectivity index is 1.76. The zero-order chi connectivity index (χ0) is 14.7. The maximum Gasteiger partial charge on any atom is 0.254 e. The van der Waals surface area contributed by atoms with Crippen LogP contribution in [0.5, 0.6) is 0 Å². The number of piperazine rings is 1. The monoisotopic (exact) mass is 284 g/mol. The van der Waals surface area contributed by atoms with Crippen molar-refractivity contribution in [3.05, 3.63) is 48.3 Å². The predicted molar refractivity (Wildman–Crippen MR) is 77.1 cm³/mol. The Morgan fingerprint density at radius 1 is 1.14 bits per heavy atom. The number of amides is 2. The van der Waals surface area contributed by atoms with E-state index in [4.69, 9.17) is 0 Å². The van der Waals surface area contributed by atoms with Crippen LogP contribution in [0.25, 0.3) is 5.69 Å². The first-order chi connectivity index (χ1) is 10.3. The summed E-state index contributed by atoms with van der Waals surface area (Å²) < 4.78 is 1.72. The SMILES string of the molecule is O=CN1CCN(C(=O)c2cccc(-n3cccn3)c2)CC1. The Hall–Kier alpha value is -2.63. The number of rotatable bonds is 3. The molecule has 0 N–H and O–H groups in total. The summed E-state index contributed by atoms with van der Waals surface area (Å²) in [5.74, 6) is -0.00504. The third-order valence-corrected chi connectivity index (χ3v) is 3.61. The predicted octanol–water partition coefficient (Wildman–Crippen LogP) is 0.786. The second-order valence-electron chi connectivity index (χ2n) is 4.93. The van der Waals surface area contributed by atoms with Crippen molar-refractivity contribution in [3.63, 3.8) is 0 Å². The van der Waals surface area contributed by atoms with E-state index in [0.29, 0.717) is 31.7 Å². The Bertz CT molecular complexity index is 631. The Labute approximate surface area is 122 Å². The lowest BCUT2D eigenvalue weighted by Crippen LogP contribution is -2.48. The highest BCUT2D eigenvalue weighted by Crippen LogP contribution is 2.13. The molecule has 0 atom stereocenters. The summed E-state index contributed by atoms with van der Waals surface area (Å²) in [6.07, 6.45) is 4.37. The first-order valence-electron chi connectivity index (χ1n) is 6.86. The second-order valence-corrected chi connectivity index (χ2v) is 4.93. The summed E-state index contributed by atoms with van der Waals surface area (Å²) in [6, 6.07) is 9.25. The van der Waals surface area contributed by atoms with E-state index in [1.165, 1.54) is 0 Å². The van der Waals surface area contributed by atoms with Crippen LogP contribution in [0.2, 0.25) is 0 Å². The van der Waals surface area contributed by atoms with E-state index < -0.39 is 0 Å². The minimum atomic E-state index is -0.00504. The van der Waals surface area contributed by atoms with E-state index in [2.05, 4.69) is 5.10 Å². The van der Waals surface area contributed by atoms with Crippen molar-refractivity contribution in [2.75, 3.05) is 26.2 Å². The van der Waals surface area contributed by atoms with Crippen LogP contribution in [0.3, 0.4) is 0 Å². The van der Waals surface area contributed by atoms with Crippen LogP contribution >= 0.6 is 0 Å². The van der Waals surface area contributed by atoms with Gasteiger partial charge in [0, 0.05) is 44.1 Å². The van der Waals surface area contributed by atoms with Crippen LogP contribution in [0.4, 0.5) is 0 Å². The molecule has 1 fully saturated rings. The number of nitrogens with zero attached hydrogens (tertiary/aromatic N) is 4. The van der Waals surface area contributed by atoms with Gasteiger partial charge in [-0.3, -0.25) is 9.59 Å². The smallest absolute Gasteiger partial charge is 0.254 e. The van der Waals surface area contributed by atoms with Crippen LogP contribution in [0.1, 0.15) is 10.4 Å². The van der Waals surface area contributed by atoms with Crippen molar-refractivity contribution in [1.29, 1.82) is 0 Å². The lowest BCUT2D eigenvalue weighted by atomic mass is 10.1. The minimum absolute atomic E-state index is 0.00504. The highest BCUT2D eigenvalue weighted by atomic mass is 16.2. The van der Waals surface area contributed by atoms with E-state index in [1.807, 2.05) is 30.5 Å². The number of aromatic nitrogens is 2. The highest BCUT2D eigenvalue weighted by molar-refractivity contribution is 5.94. The van der Waals surface area contributed by atoms with Crippen LogP contribution in [0, 0.1) is 0 Å². The first kappa shape index (κ1) is 13.4. The molecule has 3 rings (SSSR count). The summed E-state index contributed by atoms with van der Waals surface area (Å²) in [4.78, 5) is 26.7. The summed E-state index contributed by atoms with van der Waals surface area (Å²) in [7, 11) is 0. The quantitative estimate of drug-likeness (QED) is 0.783. The minimum Gasteiger partial charge on any atom is -0.342 e. The fourth-order valence-corrected chi connectivity index (χ4v) is 2.42. The van der Waals surface area contributed by atoms with Gasteiger partial charge in [0.15, 0.2) is 0 Å². The molecule has 2 amide bonds. The average molecular weight is 284 g/mol. The molecule has 21 heavy (non-hydrogen) atoms. The van der Waals surface area contributed by atoms with Crippen molar-refractivity contribution in [2.24, 2.45) is 0 Å². The molecule has 6 nitrogen and oxygen atoms in total. The van der Waals surface area contributed by atoms with Gasteiger partial charge in [0.05, 0.1) is 5.69 Å². The van der Waals surface area contributed by atoms with Crippen molar-refractivity contribution in [2.45, 2.75) is 0 Å². The van der Waals surface area contributed by atoms with Gasteiger partial charge in [-0.1, -0.05) is 6.07 Å². The largest absolute Gasteiger partial charge is 0.342 e. The number of benzene rings is 1. The Kier molecular flexibility index (Phi) is 3.68. The van der Waals surface area contributed by atoms with Crippen molar-refractivity contribution in [1.82, 2.24) is 19.6 Å². The lowest BCUT2D eigenvalue weighted by molar-refractivity contribution is -0.119.